The smallest absolute Gasteiger partial charge is 0.406 e. The number of hydrogen-bond acceptors (Lipinski definition) is 3. The van der Waals surface area contributed by atoms with Gasteiger partial charge < -0.3 is 20.1 Å². The first-order valence-corrected chi connectivity index (χ1v) is 7.19. The quantitative estimate of drug-likeness (QED) is 0.891. The molecule has 5 nitrogen and oxygen atoms in total. The largest absolute Gasteiger partial charge is 0.573 e. The van der Waals surface area contributed by atoms with Crippen molar-refractivity contribution in [3.8, 4) is 5.75 Å². The molecule has 1 aliphatic rings. The van der Waals surface area contributed by atoms with Crippen molar-refractivity contribution in [2.24, 2.45) is 0 Å². The highest BCUT2D eigenvalue weighted by Crippen LogP contribution is 2.25. The van der Waals surface area contributed by atoms with Crippen LogP contribution in [0.4, 0.5) is 18.0 Å². The zero-order valence-electron chi connectivity index (χ0n) is 12.9. The van der Waals surface area contributed by atoms with Gasteiger partial charge in [0.25, 0.3) is 0 Å². The van der Waals surface area contributed by atoms with Crippen LogP contribution in [0.15, 0.2) is 24.3 Å². The summed E-state index contributed by atoms with van der Waals surface area (Å²) in [5.74, 6) is -0.317. The molecule has 1 heterocycles. The molecule has 8 heteroatoms. The number of urea groups is 1. The molecule has 1 aromatic carbocycles. The minimum atomic E-state index is -4.74. The molecule has 1 unspecified atom stereocenters. The summed E-state index contributed by atoms with van der Waals surface area (Å²) in [6.45, 7) is 4.45. The molecule has 1 saturated heterocycles. The molecule has 1 atom stereocenters. The summed E-state index contributed by atoms with van der Waals surface area (Å²) < 4.78 is 45.9. The fourth-order valence-electron chi connectivity index (χ4n) is 2.38. The Balaban J connectivity index is 1.86. The average molecular weight is 332 g/mol. The van der Waals surface area contributed by atoms with Crippen LogP contribution in [-0.4, -0.2) is 30.6 Å². The predicted octanol–water partition coefficient (Wildman–Crippen LogP) is 2.95. The highest BCUT2D eigenvalue weighted by atomic mass is 19.4. The number of halogens is 3. The first-order chi connectivity index (χ1) is 10.7. The third kappa shape index (κ3) is 5.31. The molecule has 0 bridgehead atoms. The standard InChI is InChI=1S/C15H19F3N2O3/c1-14(2)12(6-7-22-14)20-13(21)19-9-10-4-3-5-11(8-10)23-15(16,17)18/h3-5,8,12H,6-7,9H2,1-2H3,(H2,19,20,21). The van der Waals surface area contributed by atoms with Crippen molar-refractivity contribution in [1.29, 1.82) is 0 Å². The Morgan fingerprint density at radius 1 is 1.43 bits per heavy atom. The summed E-state index contributed by atoms with van der Waals surface area (Å²) in [6.07, 6.45) is -4.02. The Bertz CT molecular complexity index is 561. The SMILES string of the molecule is CC1(C)OCCC1NC(=O)NCc1cccc(OC(F)(F)F)c1. The van der Waals surface area contributed by atoms with E-state index in [4.69, 9.17) is 4.74 Å². The second kappa shape index (κ2) is 6.66. The summed E-state index contributed by atoms with van der Waals surface area (Å²) in [4.78, 5) is 11.9. The Morgan fingerprint density at radius 2 is 2.17 bits per heavy atom. The molecule has 0 spiro atoms. The molecule has 0 aromatic heterocycles. The second-order valence-electron chi connectivity index (χ2n) is 5.82. The lowest BCUT2D eigenvalue weighted by molar-refractivity contribution is -0.274. The molecule has 128 valence electrons. The van der Waals surface area contributed by atoms with E-state index < -0.39 is 18.0 Å². The Morgan fingerprint density at radius 3 is 2.78 bits per heavy atom. The van der Waals surface area contributed by atoms with E-state index in [-0.39, 0.29) is 18.3 Å². The summed E-state index contributed by atoms with van der Waals surface area (Å²) >= 11 is 0. The Labute approximate surface area is 132 Å². The number of benzene rings is 1. The van der Waals surface area contributed by atoms with Gasteiger partial charge in [-0.05, 0) is 38.0 Å². The molecular weight excluding hydrogens is 313 g/mol. The molecule has 0 radical (unpaired) electrons. The number of amides is 2. The number of carbonyl (C=O) groups is 1. The molecular formula is C15H19F3N2O3. The predicted molar refractivity (Wildman–Crippen MR) is 76.9 cm³/mol. The van der Waals surface area contributed by atoms with Crippen molar-refractivity contribution in [1.82, 2.24) is 10.6 Å². The van der Waals surface area contributed by atoms with Crippen LogP contribution in [0, 0.1) is 0 Å². The topological polar surface area (TPSA) is 59.6 Å². The zero-order valence-corrected chi connectivity index (χ0v) is 12.9. The van der Waals surface area contributed by atoms with Crippen LogP contribution in [-0.2, 0) is 11.3 Å². The van der Waals surface area contributed by atoms with Gasteiger partial charge in [0, 0.05) is 13.2 Å². The molecule has 2 rings (SSSR count). The number of hydrogen-bond donors (Lipinski definition) is 2. The number of nitrogens with one attached hydrogen (secondary N) is 2. The first-order valence-electron chi connectivity index (χ1n) is 7.19. The van der Waals surface area contributed by atoms with E-state index >= 15 is 0 Å². The van der Waals surface area contributed by atoms with Gasteiger partial charge in [0.1, 0.15) is 5.75 Å². The van der Waals surface area contributed by atoms with Gasteiger partial charge in [-0.3, -0.25) is 0 Å². The number of ether oxygens (including phenoxy) is 2. The molecule has 0 aliphatic carbocycles. The minimum Gasteiger partial charge on any atom is -0.406 e. The van der Waals surface area contributed by atoms with Crippen molar-refractivity contribution < 1.29 is 27.4 Å². The van der Waals surface area contributed by atoms with Gasteiger partial charge in [-0.25, -0.2) is 4.79 Å². The van der Waals surface area contributed by atoms with Crippen LogP contribution < -0.4 is 15.4 Å². The van der Waals surface area contributed by atoms with Crippen LogP contribution in [0.3, 0.4) is 0 Å². The van der Waals surface area contributed by atoms with Crippen LogP contribution in [0.2, 0.25) is 0 Å². The zero-order chi connectivity index (χ0) is 17.1. The van der Waals surface area contributed by atoms with Crippen molar-refractivity contribution in [3.63, 3.8) is 0 Å². The van der Waals surface area contributed by atoms with Gasteiger partial charge in [0.2, 0.25) is 0 Å². The van der Waals surface area contributed by atoms with E-state index in [0.29, 0.717) is 12.2 Å². The lowest BCUT2D eigenvalue weighted by Crippen LogP contribution is -2.49. The number of alkyl halides is 3. The van der Waals surface area contributed by atoms with Crippen LogP contribution in [0.25, 0.3) is 0 Å². The average Bonchev–Trinajstić information content (AvgIpc) is 2.74. The molecule has 1 fully saturated rings. The fraction of sp³-hybridized carbons (Fsp3) is 0.533. The van der Waals surface area contributed by atoms with Crippen LogP contribution in [0.5, 0.6) is 5.75 Å². The lowest BCUT2D eigenvalue weighted by Gasteiger charge is -2.26. The summed E-state index contributed by atoms with van der Waals surface area (Å²) in [6, 6.07) is 4.97. The maximum Gasteiger partial charge on any atom is 0.573 e. The number of carbonyl (C=O) groups excluding carboxylic acids is 1. The van der Waals surface area contributed by atoms with Crippen LogP contribution >= 0.6 is 0 Å². The fourth-order valence-corrected chi connectivity index (χ4v) is 2.38. The van der Waals surface area contributed by atoms with Gasteiger partial charge in [-0.15, -0.1) is 13.2 Å². The van der Waals surface area contributed by atoms with E-state index in [1.165, 1.54) is 18.2 Å². The lowest BCUT2D eigenvalue weighted by atomic mass is 9.99. The van der Waals surface area contributed by atoms with Crippen molar-refractivity contribution >= 4 is 6.03 Å². The maximum absolute atomic E-state index is 12.2. The number of rotatable bonds is 4. The Kier molecular flexibility index (Phi) is 5.03. The minimum absolute atomic E-state index is 0.0922. The molecule has 1 aromatic rings. The molecule has 0 saturated carbocycles. The first kappa shape index (κ1) is 17.4. The molecule has 2 N–H and O–H groups in total. The van der Waals surface area contributed by atoms with E-state index in [9.17, 15) is 18.0 Å². The van der Waals surface area contributed by atoms with Crippen molar-refractivity contribution in [3.05, 3.63) is 29.8 Å². The summed E-state index contributed by atoms with van der Waals surface area (Å²) in [5, 5.41) is 5.42. The van der Waals surface area contributed by atoms with Crippen molar-refractivity contribution in [2.45, 2.75) is 44.8 Å². The summed E-state index contributed by atoms with van der Waals surface area (Å²) in [5.41, 5.74) is 0.0708. The second-order valence-corrected chi connectivity index (χ2v) is 5.82. The maximum atomic E-state index is 12.2. The van der Waals surface area contributed by atoms with Gasteiger partial charge in [-0.2, -0.15) is 0 Å². The van der Waals surface area contributed by atoms with E-state index in [1.807, 2.05) is 13.8 Å². The molecule has 2 amide bonds. The van der Waals surface area contributed by atoms with E-state index in [2.05, 4.69) is 15.4 Å². The molecule has 23 heavy (non-hydrogen) atoms. The van der Waals surface area contributed by atoms with Crippen LogP contribution in [0.1, 0.15) is 25.8 Å². The van der Waals surface area contributed by atoms with Crippen molar-refractivity contribution in [2.75, 3.05) is 6.61 Å². The van der Waals surface area contributed by atoms with Gasteiger partial charge in [0.05, 0.1) is 11.6 Å². The van der Waals surface area contributed by atoms with E-state index in [1.54, 1.807) is 6.07 Å². The normalized spacial score (nSPS) is 20.1. The highest BCUT2D eigenvalue weighted by molar-refractivity contribution is 5.74. The van der Waals surface area contributed by atoms with E-state index in [0.717, 1.165) is 6.42 Å². The third-order valence-electron chi connectivity index (χ3n) is 3.61. The highest BCUT2D eigenvalue weighted by Gasteiger charge is 2.36. The van der Waals surface area contributed by atoms with Gasteiger partial charge in [0.15, 0.2) is 0 Å². The third-order valence-corrected chi connectivity index (χ3v) is 3.61. The van der Waals surface area contributed by atoms with Gasteiger partial charge in [-0.1, -0.05) is 12.1 Å². The Hall–Kier alpha value is -1.96. The van der Waals surface area contributed by atoms with Gasteiger partial charge >= 0.3 is 12.4 Å². The monoisotopic (exact) mass is 332 g/mol. The summed E-state index contributed by atoms with van der Waals surface area (Å²) in [7, 11) is 0. The molecule has 1 aliphatic heterocycles.